The average molecular weight is 255 g/mol. The van der Waals surface area contributed by atoms with E-state index < -0.39 is 0 Å². The molecule has 0 aliphatic heterocycles. The summed E-state index contributed by atoms with van der Waals surface area (Å²) in [7, 11) is 4.09. The number of nitrogens with one attached hydrogen (secondary N) is 1. The molecule has 106 valence electrons. The van der Waals surface area contributed by atoms with Crippen molar-refractivity contribution in [1.82, 2.24) is 10.2 Å². The van der Waals surface area contributed by atoms with Crippen molar-refractivity contribution in [3.05, 3.63) is 0 Å². The van der Waals surface area contributed by atoms with Gasteiger partial charge in [0.25, 0.3) is 0 Å². The van der Waals surface area contributed by atoms with Gasteiger partial charge in [-0.1, -0.05) is 13.8 Å². The van der Waals surface area contributed by atoms with Gasteiger partial charge in [0.1, 0.15) is 0 Å². The molecule has 3 N–H and O–H groups in total. The topological polar surface area (TPSA) is 58.4 Å². The van der Waals surface area contributed by atoms with Crippen LogP contribution in [-0.4, -0.2) is 43.5 Å². The molecular formula is C14H29N3O. The first kappa shape index (κ1) is 15.4. The smallest absolute Gasteiger partial charge is 0.223 e. The molecule has 18 heavy (non-hydrogen) atoms. The molecule has 0 saturated heterocycles. The highest BCUT2D eigenvalue weighted by molar-refractivity contribution is 5.79. The van der Waals surface area contributed by atoms with Crippen LogP contribution >= 0.6 is 0 Å². The number of amides is 1. The summed E-state index contributed by atoms with van der Waals surface area (Å²) in [6.45, 7) is 5.21. The van der Waals surface area contributed by atoms with Crippen molar-refractivity contribution >= 4 is 5.91 Å². The molecule has 1 unspecified atom stereocenters. The zero-order valence-corrected chi connectivity index (χ0v) is 12.3. The molecule has 0 radical (unpaired) electrons. The van der Waals surface area contributed by atoms with Gasteiger partial charge in [-0.3, -0.25) is 4.79 Å². The van der Waals surface area contributed by atoms with Gasteiger partial charge in [0.15, 0.2) is 0 Å². The number of nitrogens with zero attached hydrogens (tertiary/aromatic N) is 1. The van der Waals surface area contributed by atoms with Crippen LogP contribution in [0, 0.1) is 11.8 Å². The van der Waals surface area contributed by atoms with Crippen LogP contribution in [0.4, 0.5) is 0 Å². The summed E-state index contributed by atoms with van der Waals surface area (Å²) in [6, 6.07) is 0.542. The van der Waals surface area contributed by atoms with E-state index >= 15 is 0 Å². The Kier molecular flexibility index (Phi) is 6.09. The van der Waals surface area contributed by atoms with E-state index in [0.717, 1.165) is 32.2 Å². The highest BCUT2D eigenvalue weighted by atomic mass is 16.1. The van der Waals surface area contributed by atoms with Crippen molar-refractivity contribution < 1.29 is 4.79 Å². The Balaban J connectivity index is 2.45. The van der Waals surface area contributed by atoms with Crippen LogP contribution in [0.25, 0.3) is 0 Å². The first-order valence-electron chi connectivity index (χ1n) is 7.10. The SMILES string of the molecule is CC(C)C(CN(C)C)NC(=O)C1CCC(N)CC1. The molecule has 4 heteroatoms. The fourth-order valence-electron chi connectivity index (χ4n) is 2.50. The summed E-state index contributed by atoms with van der Waals surface area (Å²) in [5, 5.41) is 3.21. The van der Waals surface area contributed by atoms with E-state index in [4.69, 9.17) is 5.73 Å². The van der Waals surface area contributed by atoms with Gasteiger partial charge >= 0.3 is 0 Å². The van der Waals surface area contributed by atoms with Crippen molar-refractivity contribution in [2.45, 2.75) is 51.6 Å². The van der Waals surface area contributed by atoms with E-state index in [-0.39, 0.29) is 17.9 Å². The van der Waals surface area contributed by atoms with E-state index in [2.05, 4.69) is 24.1 Å². The molecule has 0 aromatic carbocycles. The van der Waals surface area contributed by atoms with Crippen LogP contribution in [0.1, 0.15) is 39.5 Å². The standard InChI is InChI=1S/C14H29N3O/c1-10(2)13(9-17(3)4)16-14(18)11-5-7-12(15)8-6-11/h10-13H,5-9,15H2,1-4H3,(H,16,18). The molecule has 0 bridgehead atoms. The predicted octanol–water partition coefficient (Wildman–Crippen LogP) is 1.21. The van der Waals surface area contributed by atoms with Gasteiger partial charge in [0.05, 0.1) is 0 Å². The lowest BCUT2D eigenvalue weighted by Crippen LogP contribution is -2.48. The second-order valence-electron chi connectivity index (χ2n) is 6.23. The van der Waals surface area contributed by atoms with Crippen molar-refractivity contribution in [1.29, 1.82) is 0 Å². The summed E-state index contributed by atoms with van der Waals surface area (Å²) in [4.78, 5) is 14.4. The summed E-state index contributed by atoms with van der Waals surface area (Å²) in [5.41, 5.74) is 5.87. The van der Waals surface area contributed by atoms with Crippen molar-refractivity contribution in [3.8, 4) is 0 Å². The van der Waals surface area contributed by atoms with Crippen LogP contribution in [0.3, 0.4) is 0 Å². The van der Waals surface area contributed by atoms with Gasteiger partial charge in [-0.25, -0.2) is 0 Å². The maximum absolute atomic E-state index is 12.2. The lowest BCUT2D eigenvalue weighted by atomic mass is 9.85. The zero-order valence-electron chi connectivity index (χ0n) is 12.3. The largest absolute Gasteiger partial charge is 0.352 e. The van der Waals surface area contributed by atoms with E-state index in [1.165, 1.54) is 0 Å². The molecule has 0 spiro atoms. The summed E-state index contributed by atoms with van der Waals surface area (Å²) >= 11 is 0. The van der Waals surface area contributed by atoms with Gasteiger partial charge in [-0.15, -0.1) is 0 Å². The molecule has 0 heterocycles. The third-order valence-corrected chi connectivity index (χ3v) is 3.84. The lowest BCUT2D eigenvalue weighted by Gasteiger charge is -2.30. The minimum absolute atomic E-state index is 0.174. The fraction of sp³-hybridized carbons (Fsp3) is 0.929. The Morgan fingerprint density at radius 2 is 1.83 bits per heavy atom. The Morgan fingerprint density at radius 1 is 1.28 bits per heavy atom. The second kappa shape index (κ2) is 7.10. The first-order chi connectivity index (χ1) is 8.40. The quantitative estimate of drug-likeness (QED) is 0.776. The summed E-state index contributed by atoms with van der Waals surface area (Å²) < 4.78 is 0. The minimum atomic E-state index is 0.174. The molecular weight excluding hydrogens is 226 g/mol. The third kappa shape index (κ3) is 4.94. The highest BCUT2D eigenvalue weighted by Crippen LogP contribution is 2.23. The Bertz CT molecular complexity index is 258. The maximum Gasteiger partial charge on any atom is 0.223 e. The molecule has 0 aromatic heterocycles. The predicted molar refractivity (Wildman–Crippen MR) is 75.3 cm³/mol. The van der Waals surface area contributed by atoms with Crippen molar-refractivity contribution in [2.75, 3.05) is 20.6 Å². The molecule has 1 atom stereocenters. The van der Waals surface area contributed by atoms with Crippen LogP contribution < -0.4 is 11.1 Å². The summed E-state index contributed by atoms with van der Waals surface area (Å²) in [5.74, 6) is 0.859. The molecule has 1 fully saturated rings. The maximum atomic E-state index is 12.2. The molecule has 1 saturated carbocycles. The number of hydrogen-bond acceptors (Lipinski definition) is 3. The molecule has 1 rings (SSSR count). The van der Waals surface area contributed by atoms with E-state index in [0.29, 0.717) is 12.0 Å². The Morgan fingerprint density at radius 3 is 2.28 bits per heavy atom. The van der Waals surface area contributed by atoms with Crippen LogP contribution in [0.2, 0.25) is 0 Å². The van der Waals surface area contributed by atoms with Crippen LogP contribution in [-0.2, 0) is 4.79 Å². The number of likely N-dealkylation sites (N-methyl/N-ethyl adjacent to an activating group) is 1. The Labute approximate surface area is 111 Å². The number of hydrogen-bond donors (Lipinski definition) is 2. The number of rotatable bonds is 5. The fourth-order valence-corrected chi connectivity index (χ4v) is 2.50. The van der Waals surface area contributed by atoms with E-state index in [9.17, 15) is 4.79 Å². The lowest BCUT2D eigenvalue weighted by molar-refractivity contribution is -0.127. The van der Waals surface area contributed by atoms with Gasteiger partial charge in [0.2, 0.25) is 5.91 Å². The highest BCUT2D eigenvalue weighted by Gasteiger charge is 2.27. The number of carbonyl (C=O) groups excluding carboxylic acids is 1. The molecule has 0 aromatic rings. The van der Waals surface area contributed by atoms with Gasteiger partial charge in [0, 0.05) is 24.5 Å². The number of nitrogens with two attached hydrogens (primary N) is 1. The molecule has 1 aliphatic carbocycles. The van der Waals surface area contributed by atoms with Gasteiger partial charge < -0.3 is 16.0 Å². The number of carbonyl (C=O) groups is 1. The first-order valence-corrected chi connectivity index (χ1v) is 7.10. The van der Waals surface area contributed by atoms with Crippen LogP contribution in [0.15, 0.2) is 0 Å². The monoisotopic (exact) mass is 255 g/mol. The van der Waals surface area contributed by atoms with Crippen molar-refractivity contribution in [3.63, 3.8) is 0 Å². The molecule has 4 nitrogen and oxygen atoms in total. The molecule has 1 amide bonds. The second-order valence-corrected chi connectivity index (χ2v) is 6.23. The normalized spacial score (nSPS) is 26.4. The van der Waals surface area contributed by atoms with Gasteiger partial charge in [-0.05, 0) is 45.7 Å². The summed E-state index contributed by atoms with van der Waals surface area (Å²) in [6.07, 6.45) is 3.86. The van der Waals surface area contributed by atoms with Gasteiger partial charge in [-0.2, -0.15) is 0 Å². The van der Waals surface area contributed by atoms with E-state index in [1.54, 1.807) is 0 Å². The zero-order chi connectivity index (χ0) is 13.7. The minimum Gasteiger partial charge on any atom is -0.352 e. The van der Waals surface area contributed by atoms with Crippen LogP contribution in [0.5, 0.6) is 0 Å². The molecule has 1 aliphatic rings. The third-order valence-electron chi connectivity index (χ3n) is 3.84. The Hall–Kier alpha value is -0.610. The average Bonchev–Trinajstić information content (AvgIpc) is 2.28. The van der Waals surface area contributed by atoms with Crippen molar-refractivity contribution in [2.24, 2.45) is 17.6 Å². The van der Waals surface area contributed by atoms with E-state index in [1.807, 2.05) is 14.1 Å².